The summed E-state index contributed by atoms with van der Waals surface area (Å²) in [6.07, 6.45) is -0.469. The highest BCUT2D eigenvalue weighted by Gasteiger charge is 2.48. The Labute approximate surface area is 172 Å². The number of rotatable bonds is 4. The van der Waals surface area contributed by atoms with E-state index >= 15 is 0 Å². The van der Waals surface area contributed by atoms with Crippen LogP contribution in [0.25, 0.3) is 0 Å². The van der Waals surface area contributed by atoms with Gasteiger partial charge < -0.3 is 19.6 Å². The third-order valence-electron chi connectivity index (χ3n) is 7.16. The predicted octanol–water partition coefficient (Wildman–Crippen LogP) is 2.06. The van der Waals surface area contributed by atoms with E-state index in [9.17, 15) is 23.1 Å². The second-order valence-electron chi connectivity index (χ2n) is 9.12. The maximum absolute atomic E-state index is 13.9. The Morgan fingerprint density at radius 3 is 2.70 bits per heavy atom. The highest BCUT2D eigenvalue weighted by molar-refractivity contribution is 5.49. The van der Waals surface area contributed by atoms with E-state index in [0.29, 0.717) is 31.8 Å². The van der Waals surface area contributed by atoms with Crippen LogP contribution in [0.5, 0.6) is 0 Å². The minimum absolute atomic E-state index is 0.0123. The quantitative estimate of drug-likeness (QED) is 0.792. The molecule has 3 atom stereocenters. The first-order valence-electron chi connectivity index (χ1n) is 10.8. The molecule has 1 aromatic heterocycles. The van der Waals surface area contributed by atoms with E-state index in [1.54, 1.807) is 0 Å². The van der Waals surface area contributed by atoms with E-state index in [-0.39, 0.29) is 49.6 Å². The molecule has 4 heterocycles. The molecular weight excluding hydrogens is 401 g/mol. The lowest BCUT2D eigenvalue weighted by molar-refractivity contribution is -0.153. The lowest BCUT2D eigenvalue weighted by atomic mass is 9.97. The molecule has 0 spiro atoms. The molecule has 0 radical (unpaired) electrons. The molecule has 5 rings (SSSR count). The Bertz CT molecular complexity index is 868. The fourth-order valence-electron chi connectivity index (χ4n) is 5.49. The van der Waals surface area contributed by atoms with Crippen LogP contribution < -0.4 is 15.4 Å². The van der Waals surface area contributed by atoms with Crippen molar-refractivity contribution in [3.8, 4) is 0 Å². The van der Waals surface area contributed by atoms with Crippen molar-refractivity contribution < 1.29 is 23.0 Å². The molecule has 7 nitrogen and oxygen atoms in total. The molecule has 4 aliphatic rings. The van der Waals surface area contributed by atoms with Crippen LogP contribution in [-0.4, -0.2) is 64.3 Å². The summed E-state index contributed by atoms with van der Waals surface area (Å²) in [6, 6.07) is -0.163. The van der Waals surface area contributed by atoms with E-state index in [0.717, 1.165) is 19.3 Å². The zero-order chi connectivity index (χ0) is 21.1. The summed E-state index contributed by atoms with van der Waals surface area (Å²) in [4.78, 5) is 20.5. The van der Waals surface area contributed by atoms with Crippen LogP contribution in [0.1, 0.15) is 44.9 Å². The maximum atomic E-state index is 13.9. The van der Waals surface area contributed by atoms with Gasteiger partial charge in [-0.3, -0.25) is 9.36 Å². The van der Waals surface area contributed by atoms with E-state index < -0.39 is 17.8 Å². The summed E-state index contributed by atoms with van der Waals surface area (Å²) < 4.78 is 48.5. The van der Waals surface area contributed by atoms with Crippen LogP contribution in [-0.2, 0) is 11.3 Å². The van der Waals surface area contributed by atoms with Crippen LogP contribution in [0.2, 0.25) is 0 Å². The molecule has 1 saturated carbocycles. The van der Waals surface area contributed by atoms with Gasteiger partial charge in [0.05, 0.1) is 24.4 Å². The summed E-state index contributed by atoms with van der Waals surface area (Å²) in [5.41, 5.74) is -1.26. The van der Waals surface area contributed by atoms with Gasteiger partial charge in [-0.05, 0) is 32.1 Å². The third kappa shape index (κ3) is 3.47. The fraction of sp³-hybridized carbons (Fsp3) is 0.800. The van der Waals surface area contributed by atoms with Crippen molar-refractivity contribution in [2.45, 2.75) is 81.5 Å². The third-order valence-corrected chi connectivity index (χ3v) is 7.16. The highest BCUT2D eigenvalue weighted by atomic mass is 19.4. The average molecular weight is 428 g/mol. The molecule has 3 fully saturated rings. The van der Waals surface area contributed by atoms with Gasteiger partial charge >= 0.3 is 6.18 Å². The summed E-state index contributed by atoms with van der Waals surface area (Å²) in [5, 5.41) is 10.7. The van der Waals surface area contributed by atoms with Crippen LogP contribution in [0.3, 0.4) is 0 Å². The van der Waals surface area contributed by atoms with Gasteiger partial charge in [0.25, 0.3) is 5.56 Å². The standard InChI is InChI=1S/C20H27F3N4O3/c21-20(22,23)15-3-7-26-17(28)10-16(27-11-14-9-13(27)12-30-14)24-18(26)25(15)8-6-19(29)4-1-2-5-19/h10,13-15,29H,1-9,11-12H2/t13-,14-,15-/m0/s1. The number of anilines is 2. The molecule has 2 saturated heterocycles. The van der Waals surface area contributed by atoms with Crippen molar-refractivity contribution in [1.82, 2.24) is 9.55 Å². The highest BCUT2D eigenvalue weighted by Crippen LogP contribution is 2.38. The Balaban J connectivity index is 1.49. The van der Waals surface area contributed by atoms with Crippen molar-refractivity contribution in [2.24, 2.45) is 0 Å². The minimum Gasteiger partial charge on any atom is -0.390 e. The molecule has 3 aliphatic heterocycles. The number of morpholine rings is 1. The van der Waals surface area contributed by atoms with Gasteiger partial charge in [-0.2, -0.15) is 18.2 Å². The number of fused-ring (bicyclic) bond motifs is 3. The normalized spacial score (nSPS) is 30.2. The number of aromatic nitrogens is 2. The van der Waals surface area contributed by atoms with Crippen LogP contribution in [0.4, 0.5) is 24.9 Å². The largest absolute Gasteiger partial charge is 0.408 e. The van der Waals surface area contributed by atoms with E-state index in [2.05, 4.69) is 4.98 Å². The zero-order valence-corrected chi connectivity index (χ0v) is 16.8. The first-order chi connectivity index (χ1) is 14.2. The topological polar surface area (TPSA) is 70.8 Å². The Morgan fingerprint density at radius 1 is 1.30 bits per heavy atom. The molecule has 0 aromatic carbocycles. The van der Waals surface area contributed by atoms with Gasteiger partial charge in [0, 0.05) is 25.7 Å². The van der Waals surface area contributed by atoms with Crippen molar-refractivity contribution in [3.05, 3.63) is 16.4 Å². The SMILES string of the molecule is O=c1cc(N2C[C@@H]3C[C@H]2CO3)nc2n1CC[C@@H](C(F)(F)F)N2CCC1(O)CCCC1. The minimum atomic E-state index is -4.43. The first-order valence-corrected chi connectivity index (χ1v) is 10.8. The Kier molecular flexibility index (Phi) is 4.77. The van der Waals surface area contributed by atoms with Gasteiger partial charge in [0.2, 0.25) is 5.95 Å². The number of hydrogen-bond acceptors (Lipinski definition) is 6. The van der Waals surface area contributed by atoms with Crippen molar-refractivity contribution in [1.29, 1.82) is 0 Å². The lowest BCUT2D eigenvalue weighted by Crippen LogP contribution is -2.54. The molecule has 10 heteroatoms. The van der Waals surface area contributed by atoms with Gasteiger partial charge in [-0.1, -0.05) is 12.8 Å². The summed E-state index contributed by atoms with van der Waals surface area (Å²) in [7, 11) is 0. The number of nitrogens with zero attached hydrogens (tertiary/aromatic N) is 4. The average Bonchev–Trinajstić information content (AvgIpc) is 3.42. The summed E-state index contributed by atoms with van der Waals surface area (Å²) in [6.45, 7) is 1.16. The first kappa shape index (κ1) is 20.1. The predicted molar refractivity (Wildman–Crippen MR) is 104 cm³/mol. The number of halogens is 3. The summed E-state index contributed by atoms with van der Waals surface area (Å²) in [5.74, 6) is 0.491. The molecule has 30 heavy (non-hydrogen) atoms. The van der Waals surface area contributed by atoms with E-state index in [4.69, 9.17) is 4.74 Å². The van der Waals surface area contributed by atoms with Gasteiger partial charge in [0.15, 0.2) is 0 Å². The Morgan fingerprint density at radius 2 is 2.07 bits per heavy atom. The Hall–Kier alpha value is -1.81. The number of alkyl halides is 3. The smallest absolute Gasteiger partial charge is 0.390 e. The molecule has 2 bridgehead atoms. The van der Waals surface area contributed by atoms with Gasteiger partial charge in [0.1, 0.15) is 11.9 Å². The molecule has 1 aromatic rings. The molecule has 1 N–H and O–H groups in total. The molecule has 1 aliphatic carbocycles. The maximum Gasteiger partial charge on any atom is 0.408 e. The molecule has 0 unspecified atom stereocenters. The molecule has 0 amide bonds. The number of ether oxygens (including phenoxy) is 1. The molecule has 166 valence electrons. The summed E-state index contributed by atoms with van der Waals surface area (Å²) >= 11 is 0. The monoisotopic (exact) mass is 428 g/mol. The van der Waals surface area contributed by atoms with Gasteiger partial charge in [-0.25, -0.2) is 0 Å². The second kappa shape index (κ2) is 7.12. The lowest BCUT2D eigenvalue weighted by Gasteiger charge is -2.40. The second-order valence-corrected chi connectivity index (χ2v) is 9.12. The van der Waals surface area contributed by atoms with E-state index in [1.165, 1.54) is 15.5 Å². The number of aliphatic hydroxyl groups is 1. The van der Waals surface area contributed by atoms with Crippen molar-refractivity contribution in [2.75, 3.05) is 29.5 Å². The zero-order valence-electron chi connectivity index (χ0n) is 16.8. The van der Waals surface area contributed by atoms with Crippen molar-refractivity contribution in [3.63, 3.8) is 0 Å². The fourth-order valence-corrected chi connectivity index (χ4v) is 5.49. The van der Waals surface area contributed by atoms with Gasteiger partial charge in [-0.15, -0.1) is 0 Å². The van der Waals surface area contributed by atoms with Crippen LogP contribution in [0, 0.1) is 0 Å². The number of hydrogen-bond donors (Lipinski definition) is 1. The van der Waals surface area contributed by atoms with Crippen molar-refractivity contribution >= 4 is 11.8 Å². The molecular formula is C20H27F3N4O3. The van der Waals surface area contributed by atoms with E-state index in [1.807, 2.05) is 4.90 Å². The van der Waals surface area contributed by atoms with Crippen LogP contribution >= 0.6 is 0 Å². The van der Waals surface area contributed by atoms with Crippen LogP contribution in [0.15, 0.2) is 10.9 Å².